The lowest BCUT2D eigenvalue weighted by Gasteiger charge is -2.04. The Morgan fingerprint density at radius 1 is 1.35 bits per heavy atom. The van der Waals surface area contributed by atoms with Crippen LogP contribution in [0.5, 0.6) is 0 Å². The van der Waals surface area contributed by atoms with Crippen LogP contribution in [0.3, 0.4) is 0 Å². The molecule has 0 aliphatic heterocycles. The average Bonchev–Trinajstić information content (AvgIpc) is 2.34. The quantitative estimate of drug-likeness (QED) is 0.806. The van der Waals surface area contributed by atoms with Crippen LogP contribution in [-0.4, -0.2) is 9.97 Å². The predicted octanol–water partition coefficient (Wildman–Crippen LogP) is 1.93. The second-order valence-corrected chi connectivity index (χ2v) is 3.82. The summed E-state index contributed by atoms with van der Waals surface area (Å²) in [7, 11) is 0. The molecule has 0 fully saturated rings. The molecule has 1 aromatic heterocycles. The molecule has 0 aliphatic rings. The molecule has 2 rings (SSSR count). The van der Waals surface area contributed by atoms with Crippen molar-refractivity contribution in [2.45, 2.75) is 13.8 Å². The van der Waals surface area contributed by atoms with Crippen molar-refractivity contribution in [2.75, 3.05) is 0 Å². The molecule has 0 saturated carbocycles. The molecule has 1 N–H and O–H groups in total. The Bertz CT molecular complexity index is 665. The predicted molar refractivity (Wildman–Crippen MR) is 64.5 cm³/mol. The van der Waals surface area contributed by atoms with E-state index in [0.29, 0.717) is 16.8 Å². The van der Waals surface area contributed by atoms with Crippen LogP contribution < -0.4 is 5.56 Å². The van der Waals surface area contributed by atoms with E-state index in [1.165, 1.54) is 0 Å². The van der Waals surface area contributed by atoms with E-state index in [1.54, 1.807) is 31.2 Å². The molecule has 0 aliphatic carbocycles. The van der Waals surface area contributed by atoms with Gasteiger partial charge in [-0.2, -0.15) is 5.26 Å². The van der Waals surface area contributed by atoms with Crippen LogP contribution in [-0.2, 0) is 0 Å². The Kier molecular flexibility index (Phi) is 2.75. The number of rotatable bonds is 1. The van der Waals surface area contributed by atoms with Gasteiger partial charge in [0.05, 0.1) is 17.3 Å². The molecule has 2 aromatic rings. The molecule has 0 amide bonds. The van der Waals surface area contributed by atoms with Crippen LogP contribution in [0.4, 0.5) is 0 Å². The van der Waals surface area contributed by atoms with Crippen molar-refractivity contribution in [2.24, 2.45) is 0 Å². The summed E-state index contributed by atoms with van der Waals surface area (Å²) in [6.07, 6.45) is 0. The second-order valence-electron chi connectivity index (χ2n) is 3.82. The molecule has 0 spiro atoms. The summed E-state index contributed by atoms with van der Waals surface area (Å²) < 4.78 is 0. The maximum absolute atomic E-state index is 11.8. The molecule has 0 bridgehead atoms. The van der Waals surface area contributed by atoms with Gasteiger partial charge in [0, 0.05) is 11.3 Å². The Labute approximate surface area is 98.6 Å². The van der Waals surface area contributed by atoms with Crippen molar-refractivity contribution in [3.8, 4) is 17.3 Å². The lowest BCUT2D eigenvalue weighted by atomic mass is 10.1. The van der Waals surface area contributed by atoms with Crippen LogP contribution in [0.25, 0.3) is 11.3 Å². The van der Waals surface area contributed by atoms with Crippen LogP contribution in [0.15, 0.2) is 29.1 Å². The molecule has 17 heavy (non-hydrogen) atoms. The summed E-state index contributed by atoms with van der Waals surface area (Å²) in [4.78, 5) is 18.8. The highest BCUT2D eigenvalue weighted by Crippen LogP contribution is 2.15. The zero-order valence-electron chi connectivity index (χ0n) is 9.61. The summed E-state index contributed by atoms with van der Waals surface area (Å²) in [5.41, 5.74) is 2.83. The normalized spacial score (nSPS) is 9.94. The number of H-pyrrole nitrogens is 1. The van der Waals surface area contributed by atoms with E-state index in [9.17, 15) is 4.79 Å². The second kappa shape index (κ2) is 4.22. The third-order valence-electron chi connectivity index (χ3n) is 2.60. The fourth-order valence-corrected chi connectivity index (χ4v) is 1.55. The van der Waals surface area contributed by atoms with Gasteiger partial charge in [0.25, 0.3) is 5.56 Å². The van der Waals surface area contributed by atoms with E-state index in [-0.39, 0.29) is 5.56 Å². The van der Waals surface area contributed by atoms with Crippen molar-refractivity contribution >= 4 is 0 Å². The number of aryl methyl sites for hydroxylation is 2. The monoisotopic (exact) mass is 225 g/mol. The van der Waals surface area contributed by atoms with Crippen molar-refractivity contribution in [3.05, 3.63) is 51.6 Å². The van der Waals surface area contributed by atoms with Gasteiger partial charge < -0.3 is 4.98 Å². The first-order chi connectivity index (χ1) is 8.11. The smallest absolute Gasteiger partial charge is 0.274 e. The number of aromatic nitrogens is 2. The molecule has 1 heterocycles. The van der Waals surface area contributed by atoms with Crippen molar-refractivity contribution < 1.29 is 0 Å². The molecular formula is C13H11N3O. The lowest BCUT2D eigenvalue weighted by Crippen LogP contribution is -2.14. The highest BCUT2D eigenvalue weighted by Gasteiger charge is 2.07. The van der Waals surface area contributed by atoms with Gasteiger partial charge in [0.1, 0.15) is 5.69 Å². The molecule has 0 unspecified atom stereocenters. The highest BCUT2D eigenvalue weighted by atomic mass is 16.1. The van der Waals surface area contributed by atoms with E-state index in [0.717, 1.165) is 11.4 Å². The molecule has 0 radical (unpaired) electrons. The highest BCUT2D eigenvalue weighted by molar-refractivity contribution is 5.60. The fraction of sp³-hybridized carbons (Fsp3) is 0.154. The zero-order chi connectivity index (χ0) is 12.4. The Balaban J connectivity index is 2.65. The fourth-order valence-electron chi connectivity index (χ4n) is 1.55. The van der Waals surface area contributed by atoms with Gasteiger partial charge >= 0.3 is 0 Å². The van der Waals surface area contributed by atoms with Gasteiger partial charge in [0.2, 0.25) is 0 Å². The topological polar surface area (TPSA) is 69.5 Å². The van der Waals surface area contributed by atoms with E-state index in [1.807, 2.05) is 13.0 Å². The van der Waals surface area contributed by atoms with E-state index < -0.39 is 0 Å². The van der Waals surface area contributed by atoms with Gasteiger partial charge in [-0.3, -0.25) is 4.79 Å². The van der Waals surface area contributed by atoms with Gasteiger partial charge in [-0.05, 0) is 26.0 Å². The minimum atomic E-state index is -0.233. The van der Waals surface area contributed by atoms with Gasteiger partial charge in [0.15, 0.2) is 0 Å². The van der Waals surface area contributed by atoms with Gasteiger partial charge in [-0.15, -0.1) is 0 Å². The molecule has 84 valence electrons. The zero-order valence-corrected chi connectivity index (χ0v) is 9.61. The SMILES string of the molecule is Cc1nc(-c2cccc(C#N)c2)c(=O)[nH]c1C. The molecule has 1 aromatic carbocycles. The number of nitrogens with one attached hydrogen (secondary N) is 1. The summed E-state index contributed by atoms with van der Waals surface area (Å²) in [6.45, 7) is 3.64. The van der Waals surface area contributed by atoms with Crippen LogP contribution in [0, 0.1) is 25.2 Å². The number of aromatic amines is 1. The van der Waals surface area contributed by atoms with Crippen molar-refractivity contribution in [3.63, 3.8) is 0 Å². The standard InChI is InChI=1S/C13H11N3O/c1-8-9(2)16-13(17)12(15-8)11-5-3-4-10(6-11)7-14/h3-6H,1-2H3,(H,16,17). The first-order valence-corrected chi connectivity index (χ1v) is 5.20. The molecular weight excluding hydrogens is 214 g/mol. The number of hydrogen-bond donors (Lipinski definition) is 1. The average molecular weight is 225 g/mol. The van der Waals surface area contributed by atoms with Crippen LogP contribution >= 0.6 is 0 Å². The minimum absolute atomic E-state index is 0.233. The Morgan fingerprint density at radius 2 is 2.12 bits per heavy atom. The van der Waals surface area contributed by atoms with E-state index in [4.69, 9.17) is 5.26 Å². The first kappa shape index (κ1) is 11.1. The molecule has 0 saturated heterocycles. The Morgan fingerprint density at radius 3 is 2.82 bits per heavy atom. The molecule has 4 nitrogen and oxygen atoms in total. The summed E-state index contributed by atoms with van der Waals surface area (Å²) in [6, 6.07) is 8.91. The first-order valence-electron chi connectivity index (χ1n) is 5.20. The van der Waals surface area contributed by atoms with Crippen molar-refractivity contribution in [1.29, 1.82) is 5.26 Å². The van der Waals surface area contributed by atoms with Gasteiger partial charge in [-0.25, -0.2) is 4.98 Å². The largest absolute Gasteiger partial charge is 0.323 e. The molecule has 4 heteroatoms. The minimum Gasteiger partial charge on any atom is -0.323 e. The maximum atomic E-state index is 11.8. The van der Waals surface area contributed by atoms with Crippen LogP contribution in [0.2, 0.25) is 0 Å². The lowest BCUT2D eigenvalue weighted by molar-refractivity contribution is 1.02. The summed E-state index contributed by atoms with van der Waals surface area (Å²) in [5.74, 6) is 0. The number of nitriles is 1. The molecule has 0 atom stereocenters. The van der Waals surface area contributed by atoms with Crippen LogP contribution in [0.1, 0.15) is 17.0 Å². The number of hydrogen-bond acceptors (Lipinski definition) is 3. The summed E-state index contributed by atoms with van der Waals surface area (Å²) >= 11 is 0. The van der Waals surface area contributed by atoms with Crippen molar-refractivity contribution in [1.82, 2.24) is 9.97 Å². The van der Waals surface area contributed by atoms with Gasteiger partial charge in [-0.1, -0.05) is 12.1 Å². The van der Waals surface area contributed by atoms with E-state index in [2.05, 4.69) is 9.97 Å². The third kappa shape index (κ3) is 2.08. The maximum Gasteiger partial charge on any atom is 0.274 e. The number of nitrogens with zero attached hydrogens (tertiary/aromatic N) is 2. The van der Waals surface area contributed by atoms with E-state index >= 15 is 0 Å². The summed E-state index contributed by atoms with van der Waals surface area (Å²) in [5, 5.41) is 8.82. The Hall–Kier alpha value is -2.41. The number of benzene rings is 1. The third-order valence-corrected chi connectivity index (χ3v) is 2.60.